The third kappa shape index (κ3) is 1.70. The minimum absolute atomic E-state index is 0.0272. The van der Waals surface area contributed by atoms with Gasteiger partial charge in [-0.25, -0.2) is 0 Å². The van der Waals surface area contributed by atoms with Crippen molar-refractivity contribution in [3.63, 3.8) is 0 Å². The Bertz CT molecular complexity index is 171. The molecule has 0 bridgehead atoms. The summed E-state index contributed by atoms with van der Waals surface area (Å²) < 4.78 is 5.73. The summed E-state index contributed by atoms with van der Waals surface area (Å²) in [6.45, 7) is 9.08. The van der Waals surface area contributed by atoms with E-state index >= 15 is 0 Å². The molecule has 1 N–H and O–H groups in total. The molecule has 1 rings (SSSR count). The van der Waals surface area contributed by atoms with Crippen LogP contribution in [-0.4, -0.2) is 25.3 Å². The second-order valence-electron chi connectivity index (χ2n) is 3.83. The molecule has 12 heavy (non-hydrogen) atoms. The van der Waals surface area contributed by atoms with Gasteiger partial charge >= 0.3 is 0 Å². The Morgan fingerprint density at radius 2 is 2.33 bits per heavy atom. The van der Waals surface area contributed by atoms with Crippen LogP contribution in [0, 0.1) is 0 Å². The van der Waals surface area contributed by atoms with Gasteiger partial charge in [0.25, 0.3) is 0 Å². The van der Waals surface area contributed by atoms with E-state index in [0.717, 1.165) is 18.6 Å². The molecule has 1 aliphatic heterocycles. The fourth-order valence-electron chi connectivity index (χ4n) is 2.10. The molecule has 2 atom stereocenters. The van der Waals surface area contributed by atoms with Gasteiger partial charge in [0.15, 0.2) is 0 Å². The third-order valence-corrected chi connectivity index (χ3v) is 2.64. The lowest BCUT2D eigenvalue weighted by Crippen LogP contribution is -2.47. The molecule has 0 aromatic rings. The van der Waals surface area contributed by atoms with Crippen LogP contribution in [0.1, 0.15) is 26.7 Å². The fourth-order valence-corrected chi connectivity index (χ4v) is 2.10. The summed E-state index contributed by atoms with van der Waals surface area (Å²) in [5.74, 6) is 0. The minimum atomic E-state index is -0.0272. The van der Waals surface area contributed by atoms with Gasteiger partial charge in [-0.1, -0.05) is 12.2 Å². The monoisotopic (exact) mass is 169 g/mol. The molecule has 1 saturated heterocycles. The topological polar surface area (TPSA) is 21.3 Å². The van der Waals surface area contributed by atoms with E-state index in [4.69, 9.17) is 4.74 Å². The molecule has 0 aromatic carbocycles. The fraction of sp³-hybridized carbons (Fsp3) is 0.800. The van der Waals surface area contributed by atoms with Crippen molar-refractivity contribution in [1.29, 1.82) is 0 Å². The van der Waals surface area contributed by atoms with Crippen LogP contribution in [0.4, 0.5) is 0 Å². The number of nitrogens with one attached hydrogen (secondary N) is 1. The predicted octanol–water partition coefficient (Wildman–Crippen LogP) is 1.72. The second-order valence-corrected chi connectivity index (χ2v) is 3.83. The van der Waals surface area contributed by atoms with E-state index in [1.54, 1.807) is 0 Å². The highest BCUT2D eigenvalue weighted by atomic mass is 16.5. The highest BCUT2D eigenvalue weighted by molar-refractivity contribution is 5.11. The Balaban J connectivity index is 2.69. The van der Waals surface area contributed by atoms with Crippen LogP contribution in [0.15, 0.2) is 12.2 Å². The van der Waals surface area contributed by atoms with Crippen molar-refractivity contribution >= 4 is 0 Å². The van der Waals surface area contributed by atoms with Crippen molar-refractivity contribution in [2.45, 2.75) is 38.3 Å². The van der Waals surface area contributed by atoms with Gasteiger partial charge in [0.2, 0.25) is 0 Å². The molecule has 0 aliphatic carbocycles. The molecule has 2 nitrogen and oxygen atoms in total. The lowest BCUT2D eigenvalue weighted by molar-refractivity contribution is 0.000301. The van der Waals surface area contributed by atoms with Gasteiger partial charge in [-0.3, -0.25) is 0 Å². The summed E-state index contributed by atoms with van der Waals surface area (Å²) in [7, 11) is 1.96. The van der Waals surface area contributed by atoms with Crippen molar-refractivity contribution in [3.8, 4) is 0 Å². The van der Waals surface area contributed by atoms with Crippen molar-refractivity contribution in [2.24, 2.45) is 0 Å². The highest BCUT2D eigenvalue weighted by Crippen LogP contribution is 2.30. The molecule has 2 heteroatoms. The molecule has 1 aliphatic rings. The normalized spacial score (nSPS) is 31.9. The molecule has 0 spiro atoms. The van der Waals surface area contributed by atoms with E-state index in [1.807, 2.05) is 14.0 Å². The first kappa shape index (κ1) is 9.75. The number of rotatable bonds is 3. The molecule has 70 valence electrons. The first-order valence-corrected chi connectivity index (χ1v) is 4.57. The summed E-state index contributed by atoms with van der Waals surface area (Å²) in [4.78, 5) is 0. The molecule has 1 heterocycles. The molecule has 2 unspecified atom stereocenters. The summed E-state index contributed by atoms with van der Waals surface area (Å²) in [5, 5.41) is 3.26. The molecule has 0 aromatic heterocycles. The SMILES string of the molecule is C=C(C)C(NC)C1(C)CCCO1. The predicted molar refractivity (Wildman–Crippen MR) is 51.3 cm³/mol. The van der Waals surface area contributed by atoms with Crippen molar-refractivity contribution in [3.05, 3.63) is 12.2 Å². The van der Waals surface area contributed by atoms with Crippen LogP contribution < -0.4 is 5.32 Å². The van der Waals surface area contributed by atoms with E-state index < -0.39 is 0 Å². The van der Waals surface area contributed by atoms with Gasteiger partial charge in [-0.15, -0.1) is 0 Å². The van der Waals surface area contributed by atoms with Crippen molar-refractivity contribution < 1.29 is 4.74 Å². The minimum Gasteiger partial charge on any atom is -0.373 e. The second kappa shape index (κ2) is 3.58. The van der Waals surface area contributed by atoms with Gasteiger partial charge in [0.05, 0.1) is 11.6 Å². The summed E-state index contributed by atoms with van der Waals surface area (Å²) in [6.07, 6.45) is 2.30. The molecule has 1 fully saturated rings. The summed E-state index contributed by atoms with van der Waals surface area (Å²) in [6, 6.07) is 0.292. The standard InChI is InChI=1S/C10H19NO/c1-8(2)9(11-4)10(3)6-5-7-12-10/h9,11H,1,5-7H2,2-4H3. The smallest absolute Gasteiger partial charge is 0.0845 e. The number of hydrogen-bond donors (Lipinski definition) is 1. The lowest BCUT2D eigenvalue weighted by atomic mass is 9.89. The third-order valence-electron chi connectivity index (χ3n) is 2.64. The van der Waals surface area contributed by atoms with Gasteiger partial charge in [-0.2, -0.15) is 0 Å². The molecular weight excluding hydrogens is 150 g/mol. The number of hydrogen-bond acceptors (Lipinski definition) is 2. The first-order chi connectivity index (χ1) is 5.60. The largest absolute Gasteiger partial charge is 0.373 e. The first-order valence-electron chi connectivity index (χ1n) is 4.57. The number of ether oxygens (including phenoxy) is 1. The average Bonchev–Trinajstić information content (AvgIpc) is 2.37. The van der Waals surface area contributed by atoms with Crippen molar-refractivity contribution in [1.82, 2.24) is 5.32 Å². The zero-order valence-corrected chi connectivity index (χ0v) is 8.31. The number of likely N-dealkylation sites (N-methyl/N-ethyl adjacent to an activating group) is 1. The van der Waals surface area contributed by atoms with E-state index in [2.05, 4.69) is 18.8 Å². The Morgan fingerprint density at radius 1 is 1.67 bits per heavy atom. The molecule has 0 radical (unpaired) electrons. The van der Waals surface area contributed by atoms with E-state index in [-0.39, 0.29) is 5.60 Å². The van der Waals surface area contributed by atoms with Crippen LogP contribution in [0.3, 0.4) is 0 Å². The molecule has 0 amide bonds. The Kier molecular flexibility index (Phi) is 2.91. The van der Waals surface area contributed by atoms with Crippen LogP contribution >= 0.6 is 0 Å². The zero-order chi connectivity index (χ0) is 9.19. The van der Waals surface area contributed by atoms with E-state index in [1.165, 1.54) is 6.42 Å². The van der Waals surface area contributed by atoms with Gasteiger partial charge < -0.3 is 10.1 Å². The zero-order valence-electron chi connectivity index (χ0n) is 8.31. The highest BCUT2D eigenvalue weighted by Gasteiger charge is 2.37. The van der Waals surface area contributed by atoms with Gasteiger partial charge in [-0.05, 0) is 33.7 Å². The summed E-state index contributed by atoms with van der Waals surface area (Å²) >= 11 is 0. The maximum Gasteiger partial charge on any atom is 0.0845 e. The summed E-state index contributed by atoms with van der Waals surface area (Å²) in [5.41, 5.74) is 1.13. The van der Waals surface area contributed by atoms with Gasteiger partial charge in [0.1, 0.15) is 0 Å². The Labute approximate surface area is 75.0 Å². The van der Waals surface area contributed by atoms with E-state index in [9.17, 15) is 0 Å². The van der Waals surface area contributed by atoms with Crippen LogP contribution in [0.2, 0.25) is 0 Å². The average molecular weight is 169 g/mol. The van der Waals surface area contributed by atoms with E-state index in [0.29, 0.717) is 6.04 Å². The van der Waals surface area contributed by atoms with Crippen molar-refractivity contribution in [2.75, 3.05) is 13.7 Å². The Morgan fingerprint density at radius 3 is 2.67 bits per heavy atom. The van der Waals surface area contributed by atoms with Crippen LogP contribution in [0.25, 0.3) is 0 Å². The van der Waals surface area contributed by atoms with Crippen LogP contribution in [0.5, 0.6) is 0 Å². The van der Waals surface area contributed by atoms with Crippen LogP contribution in [-0.2, 0) is 4.74 Å². The van der Waals surface area contributed by atoms with Gasteiger partial charge in [0, 0.05) is 6.61 Å². The molecular formula is C10H19NO. The quantitative estimate of drug-likeness (QED) is 0.649. The molecule has 0 saturated carbocycles. The maximum atomic E-state index is 5.73. The lowest BCUT2D eigenvalue weighted by Gasteiger charge is -2.33. The maximum absolute atomic E-state index is 5.73. The Hall–Kier alpha value is -0.340.